The van der Waals surface area contributed by atoms with E-state index in [2.05, 4.69) is 9.97 Å². The molecule has 0 fully saturated rings. The fraction of sp³-hybridized carbons (Fsp3) is 0.353. The van der Waals surface area contributed by atoms with Crippen molar-refractivity contribution >= 4 is 22.6 Å². The molecule has 0 radical (unpaired) electrons. The Morgan fingerprint density at radius 2 is 2.04 bits per heavy atom. The van der Waals surface area contributed by atoms with Crippen LogP contribution in [0.3, 0.4) is 0 Å². The molecule has 0 aliphatic heterocycles. The third kappa shape index (κ3) is 2.83. The predicted octanol–water partition coefficient (Wildman–Crippen LogP) is 3.49. The molecular formula is C17H16F3N3O3. The molecule has 2 heterocycles. The highest BCUT2D eigenvalue weighted by Crippen LogP contribution is 2.32. The first-order valence-corrected chi connectivity index (χ1v) is 7.97. The lowest BCUT2D eigenvalue weighted by Crippen LogP contribution is -2.13. The van der Waals surface area contributed by atoms with Crippen molar-refractivity contribution in [3.63, 3.8) is 0 Å². The van der Waals surface area contributed by atoms with E-state index < -0.39 is 23.3 Å². The second-order valence-electron chi connectivity index (χ2n) is 6.06. The number of aromatic nitrogens is 3. The van der Waals surface area contributed by atoms with Crippen LogP contribution in [-0.4, -0.2) is 26.9 Å². The van der Waals surface area contributed by atoms with Crippen molar-refractivity contribution in [1.82, 2.24) is 14.4 Å². The van der Waals surface area contributed by atoms with Crippen molar-refractivity contribution in [2.75, 3.05) is 6.61 Å². The molecule has 9 heteroatoms. The molecule has 138 valence electrons. The summed E-state index contributed by atoms with van der Waals surface area (Å²) in [6, 6.07) is 3.04. The van der Waals surface area contributed by atoms with Crippen LogP contribution in [0, 0.1) is 0 Å². The van der Waals surface area contributed by atoms with Crippen molar-refractivity contribution in [3.05, 3.63) is 45.5 Å². The van der Waals surface area contributed by atoms with E-state index in [9.17, 15) is 22.8 Å². The van der Waals surface area contributed by atoms with Crippen LogP contribution >= 0.6 is 0 Å². The smallest absolute Gasteiger partial charge is 0.416 e. The van der Waals surface area contributed by atoms with Gasteiger partial charge in [-0.1, -0.05) is 13.8 Å². The summed E-state index contributed by atoms with van der Waals surface area (Å²) in [7, 11) is 0. The summed E-state index contributed by atoms with van der Waals surface area (Å²) in [5.74, 6) is -0.906. The molecule has 0 aliphatic rings. The van der Waals surface area contributed by atoms with E-state index in [0.29, 0.717) is 11.2 Å². The highest BCUT2D eigenvalue weighted by Gasteiger charge is 2.31. The van der Waals surface area contributed by atoms with Gasteiger partial charge in [0.25, 0.3) is 5.56 Å². The molecule has 2 aromatic heterocycles. The van der Waals surface area contributed by atoms with Crippen LogP contribution < -0.4 is 5.56 Å². The number of alkyl halides is 3. The fourth-order valence-corrected chi connectivity index (χ4v) is 2.90. The SMILES string of the molecule is CCOC(=O)c1nc2c(=O)[nH]c3cc(C(F)(F)F)ccc3n2c1C(C)C. The Balaban J connectivity index is 2.42. The minimum absolute atomic E-state index is 0.00651. The summed E-state index contributed by atoms with van der Waals surface area (Å²) in [5.41, 5.74) is -0.907. The molecule has 0 amide bonds. The summed E-state index contributed by atoms with van der Waals surface area (Å²) in [6.45, 7) is 5.37. The summed E-state index contributed by atoms with van der Waals surface area (Å²) in [6.07, 6.45) is -4.54. The van der Waals surface area contributed by atoms with Crippen LogP contribution in [-0.2, 0) is 10.9 Å². The quantitative estimate of drug-likeness (QED) is 0.719. The number of carbonyl (C=O) groups is 1. The van der Waals surface area contributed by atoms with E-state index in [1.807, 2.05) is 0 Å². The number of ether oxygens (including phenoxy) is 1. The van der Waals surface area contributed by atoms with Crippen molar-refractivity contribution in [1.29, 1.82) is 0 Å². The van der Waals surface area contributed by atoms with Gasteiger partial charge in [-0.05, 0) is 31.0 Å². The van der Waals surface area contributed by atoms with Gasteiger partial charge in [0.2, 0.25) is 5.65 Å². The zero-order valence-corrected chi connectivity index (χ0v) is 14.3. The maximum atomic E-state index is 13.0. The summed E-state index contributed by atoms with van der Waals surface area (Å²) in [4.78, 5) is 31.1. The summed E-state index contributed by atoms with van der Waals surface area (Å²) in [5, 5.41) is 0. The lowest BCUT2D eigenvalue weighted by Gasteiger charge is -2.12. The van der Waals surface area contributed by atoms with Gasteiger partial charge in [0, 0.05) is 0 Å². The molecular weight excluding hydrogens is 351 g/mol. The Morgan fingerprint density at radius 3 is 2.62 bits per heavy atom. The number of imidazole rings is 1. The van der Waals surface area contributed by atoms with E-state index in [1.54, 1.807) is 20.8 Å². The number of carbonyl (C=O) groups excluding carboxylic acids is 1. The second-order valence-corrected chi connectivity index (χ2v) is 6.06. The number of benzene rings is 1. The van der Waals surface area contributed by atoms with Crippen molar-refractivity contribution in [3.8, 4) is 0 Å². The zero-order chi connectivity index (χ0) is 19.2. The van der Waals surface area contributed by atoms with Crippen LogP contribution in [0.25, 0.3) is 16.7 Å². The Labute approximate surface area is 145 Å². The van der Waals surface area contributed by atoms with Gasteiger partial charge >= 0.3 is 12.1 Å². The molecule has 3 aromatic rings. The van der Waals surface area contributed by atoms with Crippen molar-refractivity contribution in [2.45, 2.75) is 32.9 Å². The molecule has 1 aromatic carbocycles. The maximum absolute atomic E-state index is 13.0. The third-order valence-corrected chi connectivity index (χ3v) is 3.94. The van der Waals surface area contributed by atoms with Crippen LogP contribution in [0.2, 0.25) is 0 Å². The van der Waals surface area contributed by atoms with Gasteiger partial charge < -0.3 is 9.72 Å². The number of H-pyrrole nitrogens is 1. The second kappa shape index (κ2) is 6.15. The molecule has 0 aliphatic carbocycles. The van der Waals surface area contributed by atoms with Gasteiger partial charge in [-0.25, -0.2) is 9.78 Å². The third-order valence-electron chi connectivity index (χ3n) is 3.94. The number of hydrogen-bond donors (Lipinski definition) is 1. The van der Waals surface area contributed by atoms with Crippen LogP contribution in [0.1, 0.15) is 48.4 Å². The van der Waals surface area contributed by atoms with Crippen molar-refractivity contribution < 1.29 is 22.7 Å². The normalized spacial score (nSPS) is 12.3. The summed E-state index contributed by atoms with van der Waals surface area (Å²) >= 11 is 0. The molecule has 3 rings (SSSR count). The lowest BCUT2D eigenvalue weighted by molar-refractivity contribution is -0.137. The standard InChI is InChI=1S/C17H16F3N3O3/c1-4-26-16(25)12-13(8(2)3)23-11-6-5-9(17(18,19)20)7-10(11)21-15(24)14(23)22-12/h5-8H,4H2,1-3H3,(H,21,24). The van der Waals surface area contributed by atoms with Crippen molar-refractivity contribution in [2.24, 2.45) is 0 Å². The molecule has 0 saturated heterocycles. The van der Waals surface area contributed by atoms with Crippen LogP contribution in [0.4, 0.5) is 13.2 Å². The molecule has 0 unspecified atom stereocenters. The average molecular weight is 367 g/mol. The van der Waals surface area contributed by atoms with E-state index >= 15 is 0 Å². The number of esters is 1. The zero-order valence-electron chi connectivity index (χ0n) is 14.3. The molecule has 0 atom stereocenters. The van der Waals surface area contributed by atoms with E-state index in [1.165, 1.54) is 10.5 Å². The molecule has 26 heavy (non-hydrogen) atoms. The number of rotatable bonds is 3. The summed E-state index contributed by atoms with van der Waals surface area (Å²) < 4.78 is 45.3. The highest BCUT2D eigenvalue weighted by molar-refractivity contribution is 5.91. The van der Waals surface area contributed by atoms with Gasteiger partial charge in [0.15, 0.2) is 5.69 Å². The largest absolute Gasteiger partial charge is 0.461 e. The number of fused-ring (bicyclic) bond motifs is 3. The fourth-order valence-electron chi connectivity index (χ4n) is 2.90. The number of halogens is 3. The van der Waals surface area contributed by atoms with E-state index in [4.69, 9.17) is 4.74 Å². The van der Waals surface area contributed by atoms with Gasteiger partial charge in [-0.3, -0.25) is 9.20 Å². The number of nitrogens with zero attached hydrogens (tertiary/aromatic N) is 2. The lowest BCUT2D eigenvalue weighted by atomic mass is 10.1. The minimum atomic E-state index is -4.54. The van der Waals surface area contributed by atoms with Crippen LogP contribution in [0.5, 0.6) is 0 Å². The molecule has 0 saturated carbocycles. The molecule has 1 N–H and O–H groups in total. The number of aromatic amines is 1. The molecule has 0 spiro atoms. The highest BCUT2D eigenvalue weighted by atomic mass is 19.4. The topological polar surface area (TPSA) is 76.5 Å². The van der Waals surface area contributed by atoms with Gasteiger partial charge in [0.05, 0.1) is 28.9 Å². The first-order valence-electron chi connectivity index (χ1n) is 7.97. The molecule has 6 nitrogen and oxygen atoms in total. The van der Waals surface area contributed by atoms with Gasteiger partial charge in [-0.2, -0.15) is 13.2 Å². The Kier molecular flexibility index (Phi) is 4.25. The number of hydrogen-bond acceptors (Lipinski definition) is 4. The maximum Gasteiger partial charge on any atom is 0.416 e. The van der Waals surface area contributed by atoms with E-state index in [0.717, 1.165) is 12.1 Å². The predicted molar refractivity (Wildman–Crippen MR) is 88.4 cm³/mol. The Bertz CT molecular complexity index is 1060. The Morgan fingerprint density at radius 1 is 1.35 bits per heavy atom. The average Bonchev–Trinajstić information content (AvgIpc) is 2.95. The van der Waals surface area contributed by atoms with E-state index in [-0.39, 0.29) is 29.4 Å². The first kappa shape index (κ1) is 18.0. The van der Waals surface area contributed by atoms with Gasteiger partial charge in [-0.15, -0.1) is 0 Å². The Hall–Kier alpha value is -2.84. The minimum Gasteiger partial charge on any atom is -0.461 e. The van der Waals surface area contributed by atoms with Gasteiger partial charge in [0.1, 0.15) is 0 Å². The molecule has 0 bridgehead atoms. The number of nitrogens with one attached hydrogen (secondary N) is 1. The first-order chi connectivity index (χ1) is 12.1. The van der Waals surface area contributed by atoms with Crippen LogP contribution in [0.15, 0.2) is 23.0 Å². The monoisotopic (exact) mass is 367 g/mol.